The Balaban J connectivity index is 0.753. The largest absolute Gasteiger partial charge is 0.492 e. The molecule has 21 heteroatoms. The summed E-state index contributed by atoms with van der Waals surface area (Å²) in [6.07, 6.45) is 3.19. The van der Waals surface area contributed by atoms with Crippen molar-refractivity contribution < 1.29 is 52.5 Å². The van der Waals surface area contributed by atoms with Gasteiger partial charge in [0, 0.05) is 54.8 Å². The minimum absolute atomic E-state index is 0.00249. The van der Waals surface area contributed by atoms with Crippen molar-refractivity contribution in [1.29, 1.82) is 0 Å². The molecule has 1 aliphatic rings. The van der Waals surface area contributed by atoms with Crippen LogP contribution in [-0.2, 0) is 32.0 Å². The second-order valence-corrected chi connectivity index (χ2v) is 26.3. The average molecular weight is 1500 g/mol. The van der Waals surface area contributed by atoms with Crippen LogP contribution in [0.2, 0.25) is 0 Å². The summed E-state index contributed by atoms with van der Waals surface area (Å²) in [6, 6.07) is 102. The van der Waals surface area contributed by atoms with Gasteiger partial charge in [-0.1, -0.05) is 217 Å². The lowest BCUT2D eigenvalue weighted by molar-refractivity contribution is -0.638. The molecule has 0 N–H and O–H groups in total. The zero-order valence-corrected chi connectivity index (χ0v) is 61.2. The quantitative estimate of drug-likeness (QED) is 0.00693. The molecule has 0 saturated heterocycles. The number of carbonyl (C=O) groups is 3. The first-order valence-electron chi connectivity index (χ1n) is 36.7. The van der Waals surface area contributed by atoms with Crippen LogP contribution in [0, 0.1) is 26.3 Å². The third kappa shape index (κ3) is 17.8. The number of fused-ring (bicyclic) bond motifs is 1. The predicted octanol–water partition coefficient (Wildman–Crippen LogP) is 19.2. The van der Waals surface area contributed by atoms with E-state index in [1.165, 1.54) is 53.1 Å². The maximum atomic E-state index is 14.6. The molecular weight excluding hydrogens is 1420 g/mol. The van der Waals surface area contributed by atoms with Crippen molar-refractivity contribution in [2.75, 3.05) is 62.4 Å². The number of nitrogens with zero attached hydrogens (tertiary/aromatic N) is 9. The third-order valence-corrected chi connectivity index (χ3v) is 19.3. The van der Waals surface area contributed by atoms with E-state index in [9.17, 15) is 34.6 Å². The molecule has 0 saturated carbocycles. The molecule has 0 amide bonds. The number of nitro benzene ring substituents is 2. The van der Waals surface area contributed by atoms with Gasteiger partial charge in [0.25, 0.3) is 11.4 Å². The van der Waals surface area contributed by atoms with Crippen LogP contribution < -0.4 is 23.8 Å². The van der Waals surface area contributed by atoms with Gasteiger partial charge in [-0.2, -0.15) is 20.5 Å². The summed E-state index contributed by atoms with van der Waals surface area (Å²) in [7, 11) is 0. The molecule has 113 heavy (non-hydrogen) atoms. The molecule has 14 rings (SSSR count). The predicted molar refractivity (Wildman–Crippen MR) is 429 cm³/mol. The highest BCUT2D eigenvalue weighted by atomic mass is 16.6. The van der Waals surface area contributed by atoms with Crippen LogP contribution in [0.4, 0.5) is 45.5 Å². The number of pyridine rings is 1. The number of nitro groups is 2. The van der Waals surface area contributed by atoms with Crippen molar-refractivity contribution in [3.63, 3.8) is 0 Å². The maximum Gasteiger partial charge on any atom is 0.338 e. The van der Waals surface area contributed by atoms with Gasteiger partial charge in [-0.05, 0) is 136 Å². The Morgan fingerprint density at radius 2 is 0.681 bits per heavy atom. The molecule has 0 bridgehead atoms. The lowest BCUT2D eigenvalue weighted by Gasteiger charge is -2.37. The molecule has 0 aliphatic heterocycles. The number of Topliss-reactive ketones (excluding diaryl/α,β-unsaturated/α-hetero) is 2. The van der Waals surface area contributed by atoms with Gasteiger partial charge in [0.05, 0.1) is 64.5 Å². The van der Waals surface area contributed by atoms with E-state index in [-0.39, 0.29) is 67.6 Å². The molecule has 0 fully saturated rings. The van der Waals surface area contributed by atoms with Gasteiger partial charge in [0.1, 0.15) is 54.9 Å². The van der Waals surface area contributed by atoms with E-state index in [2.05, 4.69) is 103 Å². The fourth-order valence-corrected chi connectivity index (χ4v) is 13.7. The molecule has 12 aromatic carbocycles. The topological polar surface area (TPSA) is 243 Å². The number of ether oxygens (including phenoxy) is 5. The average Bonchev–Trinajstić information content (AvgIpc) is 1.57. The molecule has 0 unspecified atom stereocenters. The van der Waals surface area contributed by atoms with E-state index in [1.54, 1.807) is 67.0 Å². The zero-order valence-electron chi connectivity index (χ0n) is 61.2. The summed E-state index contributed by atoms with van der Waals surface area (Å²) < 4.78 is 35.6. The lowest BCUT2D eigenvalue weighted by Crippen LogP contribution is -2.45. The third-order valence-electron chi connectivity index (χ3n) is 19.3. The normalized spacial score (nSPS) is 12.1. The first-order chi connectivity index (χ1) is 55.4. The van der Waals surface area contributed by atoms with E-state index in [4.69, 9.17) is 23.7 Å². The fraction of sp³-hybridized carbons (Fsp3) is 0.120. The second-order valence-electron chi connectivity index (χ2n) is 26.3. The van der Waals surface area contributed by atoms with E-state index < -0.39 is 27.0 Å². The first-order valence-corrected chi connectivity index (χ1v) is 36.7. The zero-order chi connectivity index (χ0) is 77.8. The Kier molecular flexibility index (Phi) is 23.9. The second kappa shape index (κ2) is 35.7. The number of hydrogen-bond acceptors (Lipinski definition) is 18. The number of non-ortho nitro benzene ring substituents is 2. The molecule has 1 heterocycles. The van der Waals surface area contributed by atoms with Crippen LogP contribution in [0.3, 0.4) is 0 Å². The van der Waals surface area contributed by atoms with E-state index in [0.717, 1.165) is 44.8 Å². The highest BCUT2D eigenvalue weighted by Crippen LogP contribution is 2.43. The van der Waals surface area contributed by atoms with Crippen LogP contribution >= 0.6 is 0 Å². The molecule has 1 aliphatic carbocycles. The van der Waals surface area contributed by atoms with Gasteiger partial charge in [0.15, 0.2) is 11.6 Å². The minimum atomic E-state index is -1.02. The van der Waals surface area contributed by atoms with E-state index >= 15 is 0 Å². The van der Waals surface area contributed by atoms with Crippen molar-refractivity contribution in [1.82, 2.24) is 0 Å². The van der Waals surface area contributed by atoms with Crippen molar-refractivity contribution in [3.8, 4) is 11.5 Å². The number of benzene rings is 12. The molecule has 13 aromatic rings. The molecular formula is C92H75N9O12. The maximum absolute atomic E-state index is 14.6. The molecule has 1 aromatic heterocycles. The van der Waals surface area contributed by atoms with Crippen LogP contribution in [0.15, 0.2) is 367 Å². The first kappa shape index (κ1) is 75.4. The van der Waals surface area contributed by atoms with Gasteiger partial charge in [-0.15, -0.1) is 0 Å². The molecule has 0 radical (unpaired) electrons. The van der Waals surface area contributed by atoms with Crippen molar-refractivity contribution in [2.24, 2.45) is 20.5 Å². The van der Waals surface area contributed by atoms with Crippen LogP contribution in [-0.4, -0.2) is 80.0 Å². The standard InChI is InChI=1S/C92H75N9O12/c102-88-85-33-19-20-34-86(85)89(103)87(88)99-53-51-67(52-54-99)66-111-90(104)68-63-83(109-59-55-97(79-43-35-75(36-44-79)93-95-77-39-47-81(48-40-77)100(105)106)57-61-112-91(69-21-7-1-8-22-69,70-23-9-2-10-24-70)71-25-11-3-12-26-71)65-84(64-68)110-60-56-98(80-45-37-76(38-46-80)94-96-78-41-49-82(50-42-78)101(107)108)58-62-113-92(72-27-13-4-14-28-72,73-29-15-5-16-30-73)74-31-17-6-18-32-74/h1-54,63-65H,55-62,66H2. The Labute approximate surface area is 652 Å². The fourth-order valence-electron chi connectivity index (χ4n) is 13.7. The van der Waals surface area contributed by atoms with Crippen molar-refractivity contribution in [2.45, 2.75) is 17.8 Å². The Hall–Kier alpha value is -14.4. The van der Waals surface area contributed by atoms with Gasteiger partial charge >= 0.3 is 5.97 Å². The van der Waals surface area contributed by atoms with Crippen LogP contribution in [0.5, 0.6) is 11.5 Å². The van der Waals surface area contributed by atoms with Crippen LogP contribution in [0.1, 0.15) is 70.0 Å². The van der Waals surface area contributed by atoms with Gasteiger partial charge in [0.2, 0.25) is 6.04 Å². The Morgan fingerprint density at radius 3 is 1.00 bits per heavy atom. The number of ketones is 2. The monoisotopic (exact) mass is 1500 g/mol. The summed E-state index contributed by atoms with van der Waals surface area (Å²) in [4.78, 5) is 67.5. The smallest absolute Gasteiger partial charge is 0.338 e. The van der Waals surface area contributed by atoms with Crippen molar-refractivity contribution in [3.05, 3.63) is 428 Å². The summed E-state index contributed by atoms with van der Waals surface area (Å²) in [5.41, 5.74) is 8.44. The summed E-state index contributed by atoms with van der Waals surface area (Å²) >= 11 is 0. The van der Waals surface area contributed by atoms with Crippen molar-refractivity contribution >= 4 is 63.0 Å². The number of carbonyl (C=O) groups excluding carboxylic acids is 3. The lowest BCUT2D eigenvalue weighted by atomic mass is 9.80. The molecule has 0 atom stereocenters. The number of hydrogen-bond donors (Lipinski definition) is 0. The Bertz CT molecular complexity index is 4970. The van der Waals surface area contributed by atoms with E-state index in [0.29, 0.717) is 77.1 Å². The van der Waals surface area contributed by atoms with Gasteiger partial charge in [-0.3, -0.25) is 24.8 Å². The number of anilines is 2. The molecule has 560 valence electrons. The van der Waals surface area contributed by atoms with E-state index in [1.807, 2.05) is 158 Å². The highest BCUT2D eigenvalue weighted by molar-refractivity contribution is 6.34. The van der Waals surface area contributed by atoms with Crippen LogP contribution in [0.25, 0.3) is 0 Å². The number of esters is 1. The summed E-state index contributed by atoms with van der Waals surface area (Å²) in [5, 5.41) is 40.3. The molecule has 0 spiro atoms. The molecule has 21 nitrogen and oxygen atoms in total. The number of azo groups is 2. The number of aromatic nitrogens is 1. The van der Waals surface area contributed by atoms with Gasteiger partial charge < -0.3 is 43.1 Å². The number of rotatable bonds is 34. The van der Waals surface area contributed by atoms with Gasteiger partial charge in [-0.25, -0.2) is 4.79 Å². The Morgan fingerprint density at radius 1 is 0.381 bits per heavy atom. The summed E-state index contributed by atoms with van der Waals surface area (Å²) in [5.74, 6) is -0.845. The summed E-state index contributed by atoms with van der Waals surface area (Å²) in [6.45, 7) is 1.80. The highest BCUT2D eigenvalue weighted by Gasteiger charge is 2.41. The minimum Gasteiger partial charge on any atom is -0.492 e. The SMILES string of the molecule is O=C(OCc1cc[n+]([C-]2C(=O)c3ccccc3C2=O)cc1)c1cc(OCCN(CCOC(c2ccccc2)(c2ccccc2)c2ccccc2)c2ccc(N=Nc3ccc([N+](=O)[O-])cc3)cc2)cc(OCCN(CCOC(c2ccccc2)(c2ccccc2)c2ccccc2)c2ccc(N=Nc3ccc([N+](=O)[O-])cc3)cc2)c1.